The summed E-state index contributed by atoms with van der Waals surface area (Å²) in [7, 11) is 3.32. The number of ether oxygens (including phenoxy) is 1. The van der Waals surface area contributed by atoms with Crippen LogP contribution < -0.4 is 10.1 Å². The average molecular weight is 382 g/mol. The van der Waals surface area contributed by atoms with Crippen LogP contribution in [0.3, 0.4) is 0 Å². The van der Waals surface area contributed by atoms with Gasteiger partial charge in [0, 0.05) is 36.6 Å². The van der Waals surface area contributed by atoms with E-state index < -0.39 is 12.2 Å². The number of nitrogens with one attached hydrogen (secondary N) is 1. The molecular weight excluding hydrogens is 363 g/mol. The van der Waals surface area contributed by atoms with Crippen LogP contribution in [0, 0.1) is 0 Å². The average Bonchev–Trinajstić information content (AvgIpc) is 2.84. The van der Waals surface area contributed by atoms with Gasteiger partial charge in [0.15, 0.2) is 0 Å². The number of alkyl halides is 1. The Morgan fingerprint density at radius 3 is 2.86 bits per heavy atom. The highest BCUT2D eigenvalue weighted by Gasteiger charge is 2.31. The molecule has 1 aliphatic heterocycles. The molecule has 0 aromatic heterocycles. The van der Waals surface area contributed by atoms with Crippen molar-refractivity contribution in [2.24, 2.45) is 0 Å². The van der Waals surface area contributed by atoms with Crippen molar-refractivity contribution in [3.63, 3.8) is 0 Å². The van der Waals surface area contributed by atoms with Gasteiger partial charge in [0.05, 0.1) is 13.2 Å². The lowest BCUT2D eigenvalue weighted by molar-refractivity contribution is -0.132. The Hall–Kier alpha value is -0.850. The molecule has 1 N–H and O–H groups in total. The summed E-state index contributed by atoms with van der Waals surface area (Å²) in [6, 6.07) is 5.23. The second kappa shape index (κ2) is 7.96. The van der Waals surface area contributed by atoms with Crippen molar-refractivity contribution < 1.29 is 13.9 Å². The fourth-order valence-corrected chi connectivity index (χ4v) is 2.76. The number of hydrogen-bond donors (Lipinski definition) is 1. The fourth-order valence-electron chi connectivity index (χ4n) is 2.35. The number of hydrogen-bond acceptors (Lipinski definition) is 3. The largest absolute Gasteiger partial charge is 0.496 e. The topological polar surface area (TPSA) is 41.6 Å². The van der Waals surface area contributed by atoms with Crippen LogP contribution in [0.2, 0.25) is 0 Å². The Morgan fingerprint density at radius 1 is 1.57 bits per heavy atom. The Balaban J connectivity index is 0.00000220. The van der Waals surface area contributed by atoms with Crippen molar-refractivity contribution in [1.82, 2.24) is 10.2 Å². The van der Waals surface area contributed by atoms with Crippen molar-refractivity contribution >= 4 is 34.2 Å². The first kappa shape index (κ1) is 18.2. The van der Waals surface area contributed by atoms with Gasteiger partial charge in [-0.25, -0.2) is 4.39 Å². The Kier molecular flexibility index (Phi) is 6.90. The minimum Gasteiger partial charge on any atom is -0.496 e. The van der Waals surface area contributed by atoms with Crippen molar-refractivity contribution in [2.75, 3.05) is 20.7 Å². The second-order valence-corrected chi connectivity index (χ2v) is 5.86. The van der Waals surface area contributed by atoms with E-state index in [1.165, 1.54) is 0 Å². The molecule has 0 bridgehead atoms. The zero-order chi connectivity index (χ0) is 14.7. The molecule has 118 valence electrons. The molecule has 2 rings (SSSR count). The fraction of sp³-hybridized carbons (Fsp3) is 0.500. The first-order chi connectivity index (χ1) is 9.51. The van der Waals surface area contributed by atoms with Gasteiger partial charge in [-0.05, 0) is 18.2 Å². The molecule has 0 spiro atoms. The van der Waals surface area contributed by atoms with Gasteiger partial charge in [-0.15, -0.1) is 12.4 Å². The van der Waals surface area contributed by atoms with Crippen LogP contribution >= 0.6 is 28.3 Å². The summed E-state index contributed by atoms with van der Waals surface area (Å²) in [6.45, 7) is 0.682. The Morgan fingerprint density at radius 2 is 2.29 bits per heavy atom. The van der Waals surface area contributed by atoms with E-state index in [0.29, 0.717) is 6.54 Å². The third-order valence-corrected chi connectivity index (χ3v) is 3.89. The third kappa shape index (κ3) is 4.56. The zero-order valence-corrected chi connectivity index (χ0v) is 14.3. The summed E-state index contributed by atoms with van der Waals surface area (Å²) >= 11 is 3.41. The number of nitrogens with zero attached hydrogens (tertiary/aromatic N) is 1. The maximum Gasteiger partial charge on any atom is 0.239 e. The van der Waals surface area contributed by atoms with Crippen LogP contribution in [0.5, 0.6) is 5.75 Å². The molecule has 1 aromatic rings. The molecule has 2 atom stereocenters. The Labute approximate surface area is 138 Å². The first-order valence-corrected chi connectivity index (χ1v) is 7.25. The summed E-state index contributed by atoms with van der Waals surface area (Å²) in [6.07, 6.45) is -0.684. The van der Waals surface area contributed by atoms with Gasteiger partial charge in [0.1, 0.15) is 11.9 Å². The molecule has 1 aromatic carbocycles. The summed E-state index contributed by atoms with van der Waals surface area (Å²) < 4.78 is 19.4. The number of carbonyl (C=O) groups is 1. The number of benzene rings is 1. The monoisotopic (exact) mass is 380 g/mol. The lowest BCUT2D eigenvalue weighted by Gasteiger charge is -2.22. The molecule has 7 heteroatoms. The van der Waals surface area contributed by atoms with Crippen molar-refractivity contribution in [2.45, 2.75) is 25.2 Å². The smallest absolute Gasteiger partial charge is 0.239 e. The quantitative estimate of drug-likeness (QED) is 0.871. The molecule has 21 heavy (non-hydrogen) atoms. The molecule has 1 amide bonds. The third-order valence-electron chi connectivity index (χ3n) is 3.40. The molecular formula is C14H19BrClFN2O2. The van der Waals surface area contributed by atoms with Crippen LogP contribution in [0.4, 0.5) is 4.39 Å². The standard InChI is InChI=1S/C14H18BrFN2O2.ClH/c1-18(14(19)12-6-11(16)7-17-12)8-9-5-10(15)3-4-13(9)20-2;/h3-5,11-12,17H,6-8H2,1-2H3;1H/t11-,12+;/m0./s1. The minimum atomic E-state index is -0.933. The molecule has 1 aliphatic rings. The summed E-state index contributed by atoms with van der Waals surface area (Å²) in [5, 5.41) is 2.91. The van der Waals surface area contributed by atoms with E-state index in [1.807, 2.05) is 18.2 Å². The highest BCUT2D eigenvalue weighted by Crippen LogP contribution is 2.24. The van der Waals surface area contributed by atoms with Crippen molar-refractivity contribution in [3.05, 3.63) is 28.2 Å². The van der Waals surface area contributed by atoms with Crippen LogP contribution in [0.15, 0.2) is 22.7 Å². The van der Waals surface area contributed by atoms with E-state index in [9.17, 15) is 9.18 Å². The SMILES string of the molecule is COc1ccc(Br)cc1CN(C)C(=O)[C@H]1C[C@H](F)CN1.Cl. The van der Waals surface area contributed by atoms with Crippen molar-refractivity contribution in [3.8, 4) is 5.75 Å². The first-order valence-electron chi connectivity index (χ1n) is 6.46. The van der Waals surface area contributed by atoms with Gasteiger partial charge in [0.25, 0.3) is 0 Å². The predicted octanol–water partition coefficient (Wildman–Crippen LogP) is 2.54. The van der Waals surface area contributed by atoms with Crippen LogP contribution in [-0.2, 0) is 11.3 Å². The summed E-state index contributed by atoms with van der Waals surface area (Å²) in [5.41, 5.74) is 0.910. The number of rotatable bonds is 4. The lowest BCUT2D eigenvalue weighted by atomic mass is 10.1. The molecule has 0 saturated carbocycles. The highest BCUT2D eigenvalue weighted by molar-refractivity contribution is 9.10. The molecule has 1 saturated heterocycles. The Bertz CT molecular complexity index is 504. The number of halogens is 3. The predicted molar refractivity (Wildman–Crippen MR) is 85.7 cm³/mol. The molecule has 4 nitrogen and oxygen atoms in total. The maximum absolute atomic E-state index is 13.1. The summed E-state index contributed by atoms with van der Waals surface area (Å²) in [5.74, 6) is 0.641. The van der Waals surface area contributed by atoms with E-state index in [-0.39, 0.29) is 31.3 Å². The number of amides is 1. The second-order valence-electron chi connectivity index (χ2n) is 4.94. The zero-order valence-electron chi connectivity index (χ0n) is 11.9. The van der Waals surface area contributed by atoms with Crippen LogP contribution in [0.1, 0.15) is 12.0 Å². The normalized spacial score (nSPS) is 20.8. The van der Waals surface area contributed by atoms with Gasteiger partial charge >= 0.3 is 0 Å². The molecule has 1 fully saturated rings. The van der Waals surface area contributed by atoms with Crippen LogP contribution in [0.25, 0.3) is 0 Å². The van der Waals surface area contributed by atoms with Crippen LogP contribution in [-0.4, -0.2) is 43.7 Å². The minimum absolute atomic E-state index is 0. The highest BCUT2D eigenvalue weighted by atomic mass is 79.9. The van der Waals surface area contributed by atoms with Gasteiger partial charge in [-0.3, -0.25) is 4.79 Å². The lowest BCUT2D eigenvalue weighted by Crippen LogP contribution is -2.41. The van der Waals surface area contributed by atoms with E-state index in [0.717, 1.165) is 15.8 Å². The summed E-state index contributed by atoms with van der Waals surface area (Å²) in [4.78, 5) is 13.8. The van der Waals surface area contributed by atoms with Gasteiger partial charge in [0.2, 0.25) is 5.91 Å². The van der Waals surface area contributed by atoms with Gasteiger partial charge in [-0.2, -0.15) is 0 Å². The van der Waals surface area contributed by atoms with Gasteiger partial charge < -0.3 is 15.0 Å². The molecule has 1 heterocycles. The number of carbonyl (C=O) groups excluding carboxylic acids is 1. The van der Waals surface area contributed by atoms with E-state index in [2.05, 4.69) is 21.2 Å². The molecule has 0 aliphatic carbocycles. The van der Waals surface area contributed by atoms with E-state index >= 15 is 0 Å². The maximum atomic E-state index is 13.1. The van der Waals surface area contributed by atoms with Crippen molar-refractivity contribution in [1.29, 1.82) is 0 Å². The number of likely N-dealkylation sites (N-methyl/N-ethyl adjacent to an activating group) is 1. The number of methoxy groups -OCH3 is 1. The van der Waals surface area contributed by atoms with E-state index in [4.69, 9.17) is 4.74 Å². The molecule has 0 unspecified atom stereocenters. The molecule has 0 radical (unpaired) electrons. The van der Waals surface area contributed by atoms with E-state index in [1.54, 1.807) is 19.1 Å². The van der Waals surface area contributed by atoms with Gasteiger partial charge in [-0.1, -0.05) is 15.9 Å².